The SMILES string of the molecule is COCOc1ccc(OCCCN=[N+]=[N-])c(CCC[C@H]2OC(C)(C)O[C@@H]2C(O)/C=C\[C@H](C)[C@H](C)O)c1C(=O)OCC[Si](C)(C)C. The van der Waals surface area contributed by atoms with Crippen LogP contribution in [0.15, 0.2) is 29.4 Å². The molecule has 1 fully saturated rings. The number of benzene rings is 1. The van der Waals surface area contributed by atoms with Crippen molar-refractivity contribution in [2.24, 2.45) is 11.0 Å². The number of hydrogen-bond acceptors (Lipinski definition) is 10. The van der Waals surface area contributed by atoms with Crippen LogP contribution in [-0.4, -0.2) is 88.1 Å². The lowest BCUT2D eigenvalue weighted by molar-refractivity contribution is -0.152. The molecule has 0 amide bonds. The quantitative estimate of drug-likeness (QED) is 0.0251. The topological polar surface area (TPSA) is 162 Å². The molecule has 1 aliphatic rings. The van der Waals surface area contributed by atoms with Gasteiger partial charge in [-0.15, -0.1) is 0 Å². The van der Waals surface area contributed by atoms with Crippen molar-refractivity contribution in [3.05, 3.63) is 45.9 Å². The first-order valence-electron chi connectivity index (χ1n) is 15.7. The number of rotatable bonds is 20. The molecule has 1 unspecified atom stereocenters. The third-order valence-electron chi connectivity index (χ3n) is 7.42. The van der Waals surface area contributed by atoms with Gasteiger partial charge in [-0.25, -0.2) is 4.79 Å². The number of carbonyl (C=O) groups is 1. The Labute approximate surface area is 268 Å². The lowest BCUT2D eigenvalue weighted by atomic mass is 9.96. The van der Waals surface area contributed by atoms with Crippen LogP contribution in [0.5, 0.6) is 11.5 Å². The highest BCUT2D eigenvalue weighted by atomic mass is 28.3. The minimum absolute atomic E-state index is 0.0515. The molecule has 2 N–H and O–H groups in total. The van der Waals surface area contributed by atoms with E-state index in [4.69, 9.17) is 34.0 Å². The number of carbonyl (C=O) groups excluding carboxylic acids is 1. The second-order valence-electron chi connectivity index (χ2n) is 13.1. The molecule has 0 aromatic heterocycles. The molecule has 254 valence electrons. The van der Waals surface area contributed by atoms with Crippen LogP contribution in [0.2, 0.25) is 25.7 Å². The summed E-state index contributed by atoms with van der Waals surface area (Å²) in [4.78, 5) is 16.4. The maximum atomic E-state index is 13.6. The van der Waals surface area contributed by atoms with Crippen molar-refractivity contribution in [2.75, 3.05) is 33.7 Å². The van der Waals surface area contributed by atoms with Crippen LogP contribution >= 0.6 is 0 Å². The first-order valence-corrected chi connectivity index (χ1v) is 19.4. The second-order valence-corrected chi connectivity index (χ2v) is 18.7. The largest absolute Gasteiger partial charge is 0.493 e. The number of hydrogen-bond donors (Lipinski definition) is 2. The number of aliphatic hydroxyl groups is 2. The molecule has 13 heteroatoms. The van der Waals surface area contributed by atoms with Crippen LogP contribution in [-0.2, 0) is 25.4 Å². The number of azide groups is 1. The Morgan fingerprint density at radius 2 is 1.82 bits per heavy atom. The third-order valence-corrected chi connectivity index (χ3v) is 9.13. The molecule has 1 aliphatic heterocycles. The first-order chi connectivity index (χ1) is 21.2. The Morgan fingerprint density at radius 3 is 2.47 bits per heavy atom. The predicted octanol–water partition coefficient (Wildman–Crippen LogP) is 6.02. The van der Waals surface area contributed by atoms with Crippen LogP contribution in [0.4, 0.5) is 0 Å². The van der Waals surface area contributed by atoms with Gasteiger partial charge in [0.15, 0.2) is 12.6 Å². The molecule has 0 aliphatic carbocycles. The summed E-state index contributed by atoms with van der Waals surface area (Å²) in [5.74, 6) is -0.678. The fourth-order valence-electron chi connectivity index (χ4n) is 4.76. The molecule has 1 aromatic rings. The molecule has 45 heavy (non-hydrogen) atoms. The second kappa shape index (κ2) is 18.5. The first kappa shape index (κ1) is 38.5. The molecule has 0 saturated carbocycles. The third kappa shape index (κ3) is 13.3. The van der Waals surface area contributed by atoms with E-state index < -0.39 is 44.2 Å². The van der Waals surface area contributed by atoms with E-state index >= 15 is 0 Å². The molecule has 0 radical (unpaired) electrons. The average molecular weight is 652 g/mol. The summed E-state index contributed by atoms with van der Waals surface area (Å²) in [6.07, 6.45) is 2.93. The van der Waals surface area contributed by atoms with Crippen molar-refractivity contribution < 1.29 is 43.4 Å². The van der Waals surface area contributed by atoms with Crippen molar-refractivity contribution >= 4 is 14.0 Å². The van der Waals surface area contributed by atoms with Crippen LogP contribution in [0.25, 0.3) is 10.4 Å². The van der Waals surface area contributed by atoms with Gasteiger partial charge in [-0.3, -0.25) is 0 Å². The summed E-state index contributed by atoms with van der Waals surface area (Å²) in [5.41, 5.74) is 9.50. The summed E-state index contributed by atoms with van der Waals surface area (Å²) in [7, 11) is 0.0584. The van der Waals surface area contributed by atoms with Gasteiger partial charge in [-0.2, -0.15) is 0 Å². The van der Waals surface area contributed by atoms with E-state index in [1.807, 2.05) is 20.8 Å². The molecule has 0 spiro atoms. The van der Waals surface area contributed by atoms with Gasteiger partial charge < -0.3 is 38.6 Å². The highest BCUT2D eigenvalue weighted by Crippen LogP contribution is 2.36. The van der Waals surface area contributed by atoms with Crippen molar-refractivity contribution in [3.63, 3.8) is 0 Å². The summed E-state index contributed by atoms with van der Waals surface area (Å²) in [5, 5.41) is 24.3. The zero-order valence-electron chi connectivity index (χ0n) is 28.2. The van der Waals surface area contributed by atoms with Gasteiger partial charge in [0, 0.05) is 32.2 Å². The van der Waals surface area contributed by atoms with Gasteiger partial charge in [0.25, 0.3) is 0 Å². The number of nitrogens with zero attached hydrogens (tertiary/aromatic N) is 3. The monoisotopic (exact) mass is 651 g/mol. The van der Waals surface area contributed by atoms with Crippen molar-refractivity contribution in [3.8, 4) is 11.5 Å². The predicted molar refractivity (Wildman–Crippen MR) is 174 cm³/mol. The maximum absolute atomic E-state index is 13.6. The van der Waals surface area contributed by atoms with Gasteiger partial charge in [0.05, 0.1) is 25.4 Å². The zero-order chi connectivity index (χ0) is 33.6. The van der Waals surface area contributed by atoms with Crippen molar-refractivity contribution in [1.29, 1.82) is 0 Å². The highest BCUT2D eigenvalue weighted by molar-refractivity contribution is 6.76. The number of aliphatic hydroxyl groups excluding tert-OH is 2. The van der Waals surface area contributed by atoms with Crippen LogP contribution in [0, 0.1) is 5.92 Å². The van der Waals surface area contributed by atoms with E-state index in [0.717, 1.165) is 6.04 Å². The Kier molecular flexibility index (Phi) is 15.8. The molecule has 0 bridgehead atoms. The Balaban J connectivity index is 2.34. The summed E-state index contributed by atoms with van der Waals surface area (Å²) < 4.78 is 35.0. The minimum atomic E-state index is -1.45. The fourth-order valence-corrected chi connectivity index (χ4v) is 5.47. The maximum Gasteiger partial charge on any atom is 0.342 e. The molecule has 1 saturated heterocycles. The Morgan fingerprint density at radius 1 is 1.11 bits per heavy atom. The summed E-state index contributed by atoms with van der Waals surface area (Å²) >= 11 is 0. The van der Waals surface area contributed by atoms with Gasteiger partial charge in [-0.05, 0) is 76.1 Å². The minimum Gasteiger partial charge on any atom is -0.493 e. The zero-order valence-corrected chi connectivity index (χ0v) is 29.2. The standard InChI is InChI=1S/C32H53N3O9Si/c1-22(23(2)36)13-14-25(37)30-28(43-32(3,4)44-30)12-9-11-24-26(40-18-10-17-34-35-33)15-16-27(42-21-39-5)29(24)31(38)41-19-20-45(6,7)8/h13-16,22-23,25,28,30,36-37H,9-12,17-21H2,1-8H3/b14-13-/t22-,23-,25?,28+,30+/m0/s1. The Hall–Kier alpha value is -2.64. The van der Waals surface area contributed by atoms with E-state index in [1.165, 1.54) is 7.11 Å². The van der Waals surface area contributed by atoms with Gasteiger partial charge in [0.1, 0.15) is 29.3 Å². The van der Waals surface area contributed by atoms with Crippen LogP contribution in [0.1, 0.15) is 62.9 Å². The number of esters is 1. The van der Waals surface area contributed by atoms with Gasteiger partial charge in [-0.1, -0.05) is 43.8 Å². The fraction of sp³-hybridized carbons (Fsp3) is 0.719. The summed E-state index contributed by atoms with van der Waals surface area (Å²) in [6, 6.07) is 4.25. The molecular weight excluding hydrogens is 598 g/mol. The normalized spacial score (nSPS) is 20.0. The van der Waals surface area contributed by atoms with Crippen molar-refractivity contribution in [1.82, 2.24) is 0 Å². The molecule has 1 heterocycles. The number of ether oxygens (including phenoxy) is 6. The van der Waals surface area contributed by atoms with Gasteiger partial charge >= 0.3 is 5.97 Å². The molecule has 1 aromatic carbocycles. The summed E-state index contributed by atoms with van der Waals surface area (Å²) in [6.45, 7) is 14.7. The number of methoxy groups -OCH3 is 1. The van der Waals surface area contributed by atoms with Gasteiger partial charge in [0.2, 0.25) is 0 Å². The lowest BCUT2D eigenvalue weighted by Gasteiger charge is -2.22. The van der Waals surface area contributed by atoms with E-state index in [-0.39, 0.29) is 31.4 Å². The smallest absolute Gasteiger partial charge is 0.342 e. The van der Waals surface area contributed by atoms with E-state index in [0.29, 0.717) is 49.4 Å². The Bertz CT molecular complexity index is 1150. The van der Waals surface area contributed by atoms with E-state index in [1.54, 1.807) is 31.2 Å². The molecule has 2 rings (SSSR count). The van der Waals surface area contributed by atoms with Crippen LogP contribution in [0.3, 0.4) is 0 Å². The lowest BCUT2D eigenvalue weighted by Crippen LogP contribution is -2.34. The average Bonchev–Trinajstić information content (AvgIpc) is 3.28. The van der Waals surface area contributed by atoms with Crippen LogP contribution < -0.4 is 9.47 Å². The van der Waals surface area contributed by atoms with Crippen molar-refractivity contribution in [2.45, 2.75) is 109 Å². The molecular formula is C32H53N3O9Si. The highest BCUT2D eigenvalue weighted by Gasteiger charge is 2.43. The van der Waals surface area contributed by atoms with E-state index in [2.05, 4.69) is 29.7 Å². The molecule has 5 atom stereocenters. The van der Waals surface area contributed by atoms with E-state index in [9.17, 15) is 15.0 Å². The molecule has 12 nitrogen and oxygen atoms in total.